The van der Waals surface area contributed by atoms with E-state index in [4.69, 9.17) is 4.74 Å². The van der Waals surface area contributed by atoms with Crippen LogP contribution >= 0.6 is 0 Å². The molecule has 0 aliphatic heterocycles. The van der Waals surface area contributed by atoms with Crippen molar-refractivity contribution in [2.45, 2.75) is 46.7 Å². The lowest BCUT2D eigenvalue weighted by Gasteiger charge is -2.32. The fourth-order valence-electron chi connectivity index (χ4n) is 4.44. The lowest BCUT2D eigenvalue weighted by atomic mass is 10.0. The number of benzene rings is 3. The summed E-state index contributed by atoms with van der Waals surface area (Å²) in [5.74, 6) is 0.319. The Morgan fingerprint density at radius 2 is 1.68 bits per heavy atom. The predicted octanol–water partition coefficient (Wildman–Crippen LogP) is 4.97. The van der Waals surface area contributed by atoms with Crippen molar-refractivity contribution in [2.24, 2.45) is 5.92 Å². The van der Waals surface area contributed by atoms with E-state index in [1.165, 1.54) is 16.5 Å². The van der Waals surface area contributed by atoms with Crippen molar-refractivity contribution in [3.05, 3.63) is 83.9 Å². The van der Waals surface area contributed by atoms with Crippen LogP contribution in [-0.4, -0.2) is 45.7 Å². The summed E-state index contributed by atoms with van der Waals surface area (Å²) in [4.78, 5) is 41.3. The van der Waals surface area contributed by atoms with Crippen molar-refractivity contribution < 1.29 is 19.1 Å². The van der Waals surface area contributed by atoms with E-state index in [-0.39, 0.29) is 24.1 Å². The molecule has 1 aromatic heterocycles. The zero-order valence-corrected chi connectivity index (χ0v) is 23.3. The van der Waals surface area contributed by atoms with E-state index < -0.39 is 6.04 Å². The van der Waals surface area contributed by atoms with Crippen LogP contribution in [0, 0.1) is 5.92 Å². The molecule has 0 radical (unpaired) electrons. The number of Topliss-reactive ketones (excluding diaryl/α,β-unsaturated/α-hetero) is 1. The van der Waals surface area contributed by atoms with Gasteiger partial charge >= 0.3 is 0 Å². The quantitative estimate of drug-likeness (QED) is 0.254. The maximum absolute atomic E-state index is 14.1. The monoisotopic (exact) mass is 541 g/mol. The minimum absolute atomic E-state index is 0.0898. The Bertz CT molecular complexity index is 1460. The average molecular weight is 542 g/mol. The highest BCUT2D eigenvalue weighted by Crippen LogP contribution is 2.30. The molecule has 0 aliphatic rings. The number of ketones is 1. The molecule has 1 N–H and O–H groups in total. The van der Waals surface area contributed by atoms with Crippen LogP contribution in [0.15, 0.2) is 72.8 Å². The van der Waals surface area contributed by atoms with E-state index in [2.05, 4.69) is 29.5 Å². The molecule has 4 rings (SSSR count). The number of anilines is 1. The molecule has 2 amide bonds. The third-order valence-corrected chi connectivity index (χ3v) is 6.56. The molecule has 0 saturated heterocycles. The number of para-hydroxylation sites is 1. The largest absolute Gasteiger partial charge is 0.494 e. The molecule has 208 valence electrons. The smallest absolute Gasteiger partial charge is 0.249 e. The van der Waals surface area contributed by atoms with Crippen molar-refractivity contribution >= 4 is 34.3 Å². The van der Waals surface area contributed by atoms with Gasteiger partial charge in [0.05, 0.1) is 12.1 Å². The van der Waals surface area contributed by atoms with Gasteiger partial charge in [0.25, 0.3) is 0 Å². The highest BCUT2D eigenvalue weighted by Gasteiger charge is 2.33. The van der Waals surface area contributed by atoms with Gasteiger partial charge in [-0.1, -0.05) is 43.3 Å². The molecule has 9 heteroatoms. The topological polar surface area (TPSA) is 106 Å². The van der Waals surface area contributed by atoms with Crippen LogP contribution in [0.2, 0.25) is 0 Å². The Kier molecular flexibility index (Phi) is 9.27. The van der Waals surface area contributed by atoms with Gasteiger partial charge in [-0.25, -0.2) is 4.68 Å². The third-order valence-electron chi connectivity index (χ3n) is 6.56. The summed E-state index contributed by atoms with van der Waals surface area (Å²) < 4.78 is 7.13. The maximum atomic E-state index is 14.1. The van der Waals surface area contributed by atoms with Crippen LogP contribution in [-0.2, 0) is 16.1 Å². The molecule has 0 fully saturated rings. The number of aromatic nitrogens is 3. The van der Waals surface area contributed by atoms with E-state index in [1.807, 2.05) is 31.2 Å². The standard InChI is InChI=1S/C31H35N5O4/c1-5-40-26-16-12-24(13-17-26)30(31(39)32-19-18-21(2)3)36(25-14-10-23(11-15-25)22(4)37)29(38)20-35-28-9-7-6-8-27(28)33-34-35/h6-17,21,30H,5,18-20H2,1-4H3,(H,32,39)/t30-/m1/s1. The van der Waals surface area contributed by atoms with E-state index in [9.17, 15) is 14.4 Å². The summed E-state index contributed by atoms with van der Waals surface area (Å²) in [5.41, 5.74) is 3.00. The summed E-state index contributed by atoms with van der Waals surface area (Å²) in [7, 11) is 0. The summed E-state index contributed by atoms with van der Waals surface area (Å²) in [5, 5.41) is 11.4. The lowest BCUT2D eigenvalue weighted by Crippen LogP contribution is -2.45. The van der Waals surface area contributed by atoms with Gasteiger partial charge < -0.3 is 10.1 Å². The molecule has 4 aromatic rings. The van der Waals surface area contributed by atoms with E-state index >= 15 is 0 Å². The fraction of sp³-hybridized carbons (Fsp3) is 0.323. The van der Waals surface area contributed by atoms with Gasteiger partial charge in [0.2, 0.25) is 11.8 Å². The second-order valence-electron chi connectivity index (χ2n) is 9.98. The van der Waals surface area contributed by atoms with Gasteiger partial charge in [-0.05, 0) is 80.3 Å². The summed E-state index contributed by atoms with van der Waals surface area (Å²) in [6, 6.07) is 20.3. The van der Waals surface area contributed by atoms with Crippen LogP contribution in [0.1, 0.15) is 56.1 Å². The van der Waals surface area contributed by atoms with Crippen LogP contribution in [0.3, 0.4) is 0 Å². The van der Waals surface area contributed by atoms with E-state index in [1.54, 1.807) is 48.5 Å². The van der Waals surface area contributed by atoms with Gasteiger partial charge in [-0.3, -0.25) is 19.3 Å². The van der Waals surface area contributed by atoms with Gasteiger partial charge in [0.15, 0.2) is 5.78 Å². The molecular weight excluding hydrogens is 506 g/mol. The molecule has 0 unspecified atom stereocenters. The molecule has 9 nitrogen and oxygen atoms in total. The number of rotatable bonds is 12. The zero-order chi connectivity index (χ0) is 28.6. The van der Waals surface area contributed by atoms with Crippen molar-refractivity contribution in [3.8, 4) is 5.75 Å². The summed E-state index contributed by atoms with van der Waals surface area (Å²) in [6.45, 7) is 8.41. The van der Waals surface area contributed by atoms with Crippen LogP contribution in [0.4, 0.5) is 5.69 Å². The van der Waals surface area contributed by atoms with Crippen LogP contribution in [0.25, 0.3) is 11.0 Å². The first kappa shape index (κ1) is 28.5. The number of fused-ring (bicyclic) bond motifs is 1. The summed E-state index contributed by atoms with van der Waals surface area (Å²) in [6.07, 6.45) is 0.800. The molecular formula is C31H35N5O4. The van der Waals surface area contributed by atoms with Gasteiger partial charge in [-0.2, -0.15) is 0 Å². The molecule has 0 bridgehead atoms. The first-order valence-corrected chi connectivity index (χ1v) is 13.5. The van der Waals surface area contributed by atoms with Crippen molar-refractivity contribution in [3.63, 3.8) is 0 Å². The highest BCUT2D eigenvalue weighted by atomic mass is 16.5. The Morgan fingerprint density at radius 1 is 0.975 bits per heavy atom. The van der Waals surface area contributed by atoms with E-state index in [0.717, 1.165) is 6.42 Å². The van der Waals surface area contributed by atoms with Crippen molar-refractivity contribution in [1.29, 1.82) is 0 Å². The minimum Gasteiger partial charge on any atom is -0.494 e. The SMILES string of the molecule is CCOc1ccc([C@H](C(=O)NCCC(C)C)N(C(=O)Cn2nnc3ccccc32)c2ccc(C(C)=O)cc2)cc1. The van der Waals surface area contributed by atoms with Crippen LogP contribution in [0.5, 0.6) is 5.75 Å². The first-order chi connectivity index (χ1) is 19.3. The third kappa shape index (κ3) is 6.72. The fourth-order valence-corrected chi connectivity index (χ4v) is 4.44. The molecule has 3 aromatic carbocycles. The molecule has 40 heavy (non-hydrogen) atoms. The highest BCUT2D eigenvalue weighted by molar-refractivity contribution is 6.02. The number of nitrogens with zero attached hydrogens (tertiary/aromatic N) is 4. The molecule has 1 heterocycles. The number of hydrogen-bond acceptors (Lipinski definition) is 6. The van der Waals surface area contributed by atoms with Gasteiger partial charge in [0.1, 0.15) is 23.9 Å². The van der Waals surface area contributed by atoms with Crippen molar-refractivity contribution in [1.82, 2.24) is 20.3 Å². The second-order valence-corrected chi connectivity index (χ2v) is 9.98. The number of carbonyl (C=O) groups is 3. The van der Waals surface area contributed by atoms with E-state index in [0.29, 0.717) is 52.7 Å². The average Bonchev–Trinajstić information content (AvgIpc) is 3.34. The Balaban J connectivity index is 1.78. The molecule has 0 spiro atoms. The van der Waals surface area contributed by atoms with Gasteiger partial charge in [0, 0.05) is 17.8 Å². The minimum atomic E-state index is -0.978. The normalized spacial score (nSPS) is 11.8. The maximum Gasteiger partial charge on any atom is 0.249 e. The predicted molar refractivity (Wildman–Crippen MR) is 154 cm³/mol. The first-order valence-electron chi connectivity index (χ1n) is 13.5. The number of nitrogens with one attached hydrogen (secondary N) is 1. The van der Waals surface area contributed by atoms with Crippen molar-refractivity contribution in [2.75, 3.05) is 18.1 Å². The van der Waals surface area contributed by atoms with Crippen LogP contribution < -0.4 is 15.0 Å². The number of ether oxygens (including phenoxy) is 1. The number of hydrogen-bond donors (Lipinski definition) is 1. The van der Waals surface area contributed by atoms with Gasteiger partial charge in [-0.15, -0.1) is 5.10 Å². The second kappa shape index (κ2) is 13.0. The molecule has 1 atom stereocenters. The Morgan fingerprint density at radius 3 is 2.33 bits per heavy atom. The lowest BCUT2D eigenvalue weighted by molar-refractivity contribution is -0.127. The molecule has 0 aliphatic carbocycles. The molecule has 0 saturated carbocycles. The summed E-state index contributed by atoms with van der Waals surface area (Å²) >= 11 is 0. The Hall–Kier alpha value is -4.53. The number of amides is 2. The zero-order valence-electron chi connectivity index (χ0n) is 23.3. The number of carbonyl (C=O) groups excluding carboxylic acids is 3. The Labute approximate surface area is 234 Å².